The summed E-state index contributed by atoms with van der Waals surface area (Å²) in [5.74, 6) is 0.435. The van der Waals surface area contributed by atoms with E-state index in [-0.39, 0.29) is 11.2 Å². The Labute approximate surface area is 184 Å². The molecule has 2 aromatic carbocycles. The van der Waals surface area contributed by atoms with Crippen molar-refractivity contribution in [3.05, 3.63) is 65.5 Å². The van der Waals surface area contributed by atoms with Crippen molar-refractivity contribution in [2.24, 2.45) is 5.41 Å². The normalized spacial score (nSPS) is 24.5. The summed E-state index contributed by atoms with van der Waals surface area (Å²) in [4.78, 5) is 0. The molecule has 0 N–H and O–H groups in total. The summed E-state index contributed by atoms with van der Waals surface area (Å²) in [6.45, 7) is 7.23. The van der Waals surface area contributed by atoms with Gasteiger partial charge in [0.05, 0.1) is 6.61 Å². The lowest BCUT2D eigenvalue weighted by Gasteiger charge is -2.37. The van der Waals surface area contributed by atoms with Crippen LogP contribution in [0.25, 0.3) is 0 Å². The second-order valence-corrected chi connectivity index (χ2v) is 10.2. The number of hydrogen-bond donors (Lipinski definition) is 0. The second-order valence-electron chi connectivity index (χ2n) is 8.97. The Morgan fingerprint density at radius 2 is 1.90 bits per heavy atom. The molecule has 2 aromatic rings. The highest BCUT2D eigenvalue weighted by Crippen LogP contribution is 2.43. The van der Waals surface area contributed by atoms with Gasteiger partial charge in [0.1, 0.15) is 11.6 Å². The highest BCUT2D eigenvalue weighted by molar-refractivity contribution is 7.97. The van der Waals surface area contributed by atoms with Crippen molar-refractivity contribution in [3.63, 3.8) is 0 Å². The van der Waals surface area contributed by atoms with E-state index < -0.39 is 0 Å². The molecular weight excluding hydrogens is 397 g/mol. The average molecular weight is 430 g/mol. The molecule has 0 unspecified atom stereocenters. The SMILES string of the molecule is C[C@H]1CC[C@H](c2ccccc2)SN1Cc1ccc(OCC2(C)CCOCC2)cc1F. The molecule has 0 amide bonds. The molecule has 3 nitrogen and oxygen atoms in total. The quantitative estimate of drug-likeness (QED) is 0.496. The fourth-order valence-corrected chi connectivity index (χ4v) is 5.50. The zero-order chi connectivity index (χ0) is 21.0. The third-order valence-electron chi connectivity index (χ3n) is 6.41. The number of hydrogen-bond acceptors (Lipinski definition) is 4. The van der Waals surface area contributed by atoms with E-state index in [1.807, 2.05) is 24.1 Å². The maximum atomic E-state index is 14.9. The first-order chi connectivity index (χ1) is 14.5. The molecule has 2 aliphatic rings. The molecule has 162 valence electrons. The summed E-state index contributed by atoms with van der Waals surface area (Å²) in [6.07, 6.45) is 4.25. The minimum absolute atomic E-state index is 0.111. The van der Waals surface area contributed by atoms with Gasteiger partial charge in [-0.25, -0.2) is 8.70 Å². The van der Waals surface area contributed by atoms with Crippen LogP contribution in [-0.4, -0.2) is 30.2 Å². The third kappa shape index (κ3) is 5.37. The van der Waals surface area contributed by atoms with Gasteiger partial charge in [-0.05, 0) is 44.2 Å². The minimum Gasteiger partial charge on any atom is -0.493 e. The van der Waals surface area contributed by atoms with Crippen molar-refractivity contribution in [2.75, 3.05) is 19.8 Å². The van der Waals surface area contributed by atoms with Crippen molar-refractivity contribution < 1.29 is 13.9 Å². The first-order valence-electron chi connectivity index (χ1n) is 11.0. The Hall–Kier alpha value is -1.56. The maximum Gasteiger partial charge on any atom is 0.131 e. The van der Waals surface area contributed by atoms with Crippen molar-refractivity contribution in [1.29, 1.82) is 0 Å². The van der Waals surface area contributed by atoms with Gasteiger partial charge in [-0.3, -0.25) is 0 Å². The monoisotopic (exact) mass is 429 g/mol. The van der Waals surface area contributed by atoms with E-state index in [9.17, 15) is 4.39 Å². The molecule has 0 spiro atoms. The molecule has 30 heavy (non-hydrogen) atoms. The number of benzene rings is 2. The molecule has 4 rings (SSSR count). The van der Waals surface area contributed by atoms with Gasteiger partial charge < -0.3 is 9.47 Å². The molecule has 0 aromatic heterocycles. The fraction of sp³-hybridized carbons (Fsp3) is 0.520. The van der Waals surface area contributed by atoms with Crippen molar-refractivity contribution >= 4 is 11.9 Å². The van der Waals surface area contributed by atoms with E-state index in [0.717, 1.165) is 44.5 Å². The lowest BCUT2D eigenvalue weighted by atomic mass is 9.83. The molecule has 0 bridgehead atoms. The van der Waals surface area contributed by atoms with Crippen LogP contribution in [-0.2, 0) is 11.3 Å². The highest BCUT2D eigenvalue weighted by Gasteiger charge is 2.29. The van der Waals surface area contributed by atoms with Gasteiger partial charge in [0, 0.05) is 48.1 Å². The molecule has 5 heteroatoms. The van der Waals surface area contributed by atoms with Crippen LogP contribution < -0.4 is 4.74 Å². The Kier molecular flexibility index (Phi) is 7.01. The summed E-state index contributed by atoms with van der Waals surface area (Å²) in [6, 6.07) is 16.4. The molecule has 2 atom stereocenters. The highest BCUT2D eigenvalue weighted by atomic mass is 32.2. The Morgan fingerprint density at radius 1 is 1.13 bits per heavy atom. The largest absolute Gasteiger partial charge is 0.493 e. The van der Waals surface area contributed by atoms with Crippen LogP contribution in [0.4, 0.5) is 4.39 Å². The second kappa shape index (κ2) is 9.71. The molecule has 2 aliphatic heterocycles. The van der Waals surface area contributed by atoms with Gasteiger partial charge in [-0.15, -0.1) is 0 Å². The van der Waals surface area contributed by atoms with Crippen LogP contribution >= 0.6 is 11.9 Å². The van der Waals surface area contributed by atoms with E-state index in [1.54, 1.807) is 6.07 Å². The first kappa shape index (κ1) is 21.7. The number of ether oxygens (including phenoxy) is 2. The molecule has 0 aliphatic carbocycles. The average Bonchev–Trinajstić information content (AvgIpc) is 2.76. The van der Waals surface area contributed by atoms with Gasteiger partial charge in [0.15, 0.2) is 0 Å². The number of nitrogens with zero attached hydrogens (tertiary/aromatic N) is 1. The Balaban J connectivity index is 1.38. The van der Waals surface area contributed by atoms with Crippen LogP contribution in [0.3, 0.4) is 0 Å². The third-order valence-corrected chi connectivity index (χ3v) is 7.93. The fourth-order valence-electron chi connectivity index (χ4n) is 4.12. The van der Waals surface area contributed by atoms with E-state index in [0.29, 0.717) is 30.2 Å². The standard InChI is InChI=1S/C25H32FNO2S/c1-19-8-11-24(20-6-4-3-5-7-20)30-27(19)17-21-9-10-22(16-23(21)26)29-18-25(2)12-14-28-15-13-25/h3-7,9-10,16,19,24H,8,11-15,17-18H2,1-2H3/t19-,24+/m0/s1. The zero-order valence-electron chi connectivity index (χ0n) is 18.0. The van der Waals surface area contributed by atoms with Gasteiger partial charge in [-0.1, -0.05) is 55.3 Å². The van der Waals surface area contributed by atoms with Crippen molar-refractivity contribution in [2.45, 2.75) is 57.4 Å². The molecule has 2 fully saturated rings. The molecular formula is C25H32FNO2S. The lowest BCUT2D eigenvalue weighted by Crippen LogP contribution is -2.32. The molecule has 2 heterocycles. The van der Waals surface area contributed by atoms with Gasteiger partial charge in [0.25, 0.3) is 0 Å². The van der Waals surface area contributed by atoms with E-state index >= 15 is 0 Å². The summed E-state index contributed by atoms with van der Waals surface area (Å²) in [5.41, 5.74) is 2.19. The molecule has 2 saturated heterocycles. The van der Waals surface area contributed by atoms with E-state index in [4.69, 9.17) is 9.47 Å². The van der Waals surface area contributed by atoms with E-state index in [1.165, 1.54) is 5.56 Å². The number of rotatable bonds is 6. The maximum absolute atomic E-state index is 14.9. The summed E-state index contributed by atoms with van der Waals surface area (Å²) < 4.78 is 28.6. The summed E-state index contributed by atoms with van der Waals surface area (Å²) in [7, 11) is 0. The predicted molar refractivity (Wildman–Crippen MR) is 121 cm³/mol. The van der Waals surface area contributed by atoms with Crippen LogP contribution in [0.1, 0.15) is 55.9 Å². The van der Waals surface area contributed by atoms with Crippen LogP contribution in [0.5, 0.6) is 5.75 Å². The summed E-state index contributed by atoms with van der Waals surface area (Å²) >= 11 is 1.85. The van der Waals surface area contributed by atoms with Gasteiger partial charge >= 0.3 is 0 Å². The Morgan fingerprint density at radius 3 is 2.63 bits per heavy atom. The topological polar surface area (TPSA) is 21.7 Å². The minimum atomic E-state index is -0.181. The molecule has 0 saturated carbocycles. The van der Waals surface area contributed by atoms with Crippen molar-refractivity contribution in [3.8, 4) is 5.75 Å². The smallest absolute Gasteiger partial charge is 0.131 e. The van der Waals surface area contributed by atoms with Crippen LogP contribution in [0, 0.1) is 11.2 Å². The molecule has 0 radical (unpaired) electrons. The number of halogens is 1. The van der Waals surface area contributed by atoms with Gasteiger partial charge in [0.2, 0.25) is 0 Å². The van der Waals surface area contributed by atoms with Crippen molar-refractivity contribution in [1.82, 2.24) is 4.31 Å². The predicted octanol–water partition coefficient (Wildman–Crippen LogP) is 6.40. The lowest BCUT2D eigenvalue weighted by molar-refractivity contribution is 0.000251. The zero-order valence-corrected chi connectivity index (χ0v) is 18.8. The summed E-state index contributed by atoms with van der Waals surface area (Å²) in [5, 5.41) is 0.438. The van der Waals surface area contributed by atoms with Crippen LogP contribution in [0.2, 0.25) is 0 Å². The van der Waals surface area contributed by atoms with E-state index in [2.05, 4.69) is 48.5 Å². The van der Waals surface area contributed by atoms with Gasteiger partial charge in [-0.2, -0.15) is 0 Å². The first-order valence-corrected chi connectivity index (χ1v) is 11.8. The van der Waals surface area contributed by atoms with Crippen LogP contribution in [0.15, 0.2) is 48.5 Å². The Bertz CT molecular complexity index is 825.